The molecule has 17 heavy (non-hydrogen) atoms. The second-order valence-electron chi connectivity index (χ2n) is 3.48. The summed E-state index contributed by atoms with van der Waals surface area (Å²) in [6.45, 7) is 1.59. The maximum atomic E-state index is 5.56. The van der Waals surface area contributed by atoms with Crippen LogP contribution in [0.1, 0.15) is 5.56 Å². The van der Waals surface area contributed by atoms with Gasteiger partial charge >= 0.3 is 0 Å². The molecule has 0 unspecified atom stereocenters. The predicted octanol–water partition coefficient (Wildman–Crippen LogP) is 2.20. The van der Waals surface area contributed by atoms with E-state index in [-0.39, 0.29) is 0 Å². The smallest absolute Gasteiger partial charge is 0.179 e. The Bertz CT molecular complexity index is 446. The van der Waals surface area contributed by atoms with Crippen molar-refractivity contribution >= 4 is 22.0 Å². The average molecular weight is 300 g/mol. The van der Waals surface area contributed by atoms with Crippen LogP contribution >= 0.6 is 15.9 Å². The van der Waals surface area contributed by atoms with Gasteiger partial charge in [0.15, 0.2) is 11.5 Å². The highest BCUT2D eigenvalue weighted by atomic mass is 79.9. The van der Waals surface area contributed by atoms with Crippen LogP contribution in [0.25, 0.3) is 6.08 Å². The van der Waals surface area contributed by atoms with Crippen LogP contribution in [0.5, 0.6) is 17.2 Å². The Balaban J connectivity index is 2.51. The van der Waals surface area contributed by atoms with Gasteiger partial charge in [-0.2, -0.15) is 0 Å². The molecule has 0 amide bonds. The first-order valence-corrected chi connectivity index (χ1v) is 6.10. The van der Waals surface area contributed by atoms with E-state index in [1.54, 1.807) is 7.11 Å². The van der Waals surface area contributed by atoms with Crippen LogP contribution in [0.2, 0.25) is 0 Å². The van der Waals surface area contributed by atoms with Gasteiger partial charge in [-0.25, -0.2) is 0 Å². The monoisotopic (exact) mass is 299 g/mol. The highest BCUT2D eigenvalue weighted by molar-refractivity contribution is 9.10. The number of halogens is 1. The molecule has 1 aliphatic heterocycles. The molecule has 1 aromatic carbocycles. The summed E-state index contributed by atoms with van der Waals surface area (Å²) < 4.78 is 17.2. The zero-order chi connectivity index (χ0) is 12.3. The first-order chi connectivity index (χ1) is 8.27. The minimum absolute atomic E-state index is 0.481. The summed E-state index contributed by atoms with van der Waals surface area (Å²) in [5, 5.41) is 0. The normalized spacial score (nSPS) is 14.1. The number of hydrogen-bond donors (Lipinski definition) is 1. The molecule has 4 nitrogen and oxygen atoms in total. The lowest BCUT2D eigenvalue weighted by Gasteiger charge is -2.22. The van der Waals surface area contributed by atoms with E-state index in [0.717, 1.165) is 21.5 Å². The zero-order valence-corrected chi connectivity index (χ0v) is 11.1. The first kappa shape index (κ1) is 12.3. The Labute approximate surface area is 108 Å². The van der Waals surface area contributed by atoms with E-state index in [2.05, 4.69) is 15.9 Å². The number of rotatable bonds is 3. The van der Waals surface area contributed by atoms with Crippen LogP contribution in [-0.4, -0.2) is 26.9 Å². The Morgan fingerprint density at radius 3 is 2.94 bits per heavy atom. The molecule has 5 heteroatoms. The Hall–Kier alpha value is -1.20. The van der Waals surface area contributed by atoms with Gasteiger partial charge in [0.05, 0.1) is 7.11 Å². The molecular formula is C12H14BrNO3. The summed E-state index contributed by atoms with van der Waals surface area (Å²) in [6.07, 6.45) is 3.77. The fourth-order valence-electron chi connectivity index (χ4n) is 1.67. The summed E-state index contributed by atoms with van der Waals surface area (Å²) in [7, 11) is 1.62. The van der Waals surface area contributed by atoms with Crippen molar-refractivity contribution in [2.24, 2.45) is 5.73 Å². The van der Waals surface area contributed by atoms with Gasteiger partial charge in [0.25, 0.3) is 0 Å². The number of benzene rings is 1. The van der Waals surface area contributed by atoms with Gasteiger partial charge in [-0.05, 0) is 22.0 Å². The standard InChI is InChI=1S/C12H14BrNO3/c1-15-11-8(3-2-4-14)7-9-12(10(11)13)17-6-5-16-9/h2-3,7H,4-6,14H2,1H3/b3-2+. The fourth-order valence-corrected chi connectivity index (χ4v) is 2.37. The van der Waals surface area contributed by atoms with Gasteiger partial charge in [0.2, 0.25) is 0 Å². The minimum atomic E-state index is 0.481. The van der Waals surface area contributed by atoms with Crippen molar-refractivity contribution in [3.05, 3.63) is 22.2 Å². The fraction of sp³-hybridized carbons (Fsp3) is 0.333. The maximum absolute atomic E-state index is 5.56. The molecular weight excluding hydrogens is 286 g/mol. The molecule has 1 heterocycles. The Morgan fingerprint density at radius 1 is 1.47 bits per heavy atom. The van der Waals surface area contributed by atoms with Crippen molar-refractivity contribution < 1.29 is 14.2 Å². The van der Waals surface area contributed by atoms with Crippen LogP contribution in [-0.2, 0) is 0 Å². The molecule has 2 rings (SSSR count). The van der Waals surface area contributed by atoms with Crippen molar-refractivity contribution in [1.29, 1.82) is 0 Å². The first-order valence-electron chi connectivity index (χ1n) is 5.30. The molecule has 0 saturated heterocycles. The quantitative estimate of drug-likeness (QED) is 0.930. The second kappa shape index (κ2) is 5.42. The molecule has 1 aliphatic rings. The van der Waals surface area contributed by atoms with E-state index < -0.39 is 0 Å². The van der Waals surface area contributed by atoms with Crippen LogP contribution in [0.15, 0.2) is 16.6 Å². The molecule has 0 bridgehead atoms. The van der Waals surface area contributed by atoms with Gasteiger partial charge in [0, 0.05) is 12.1 Å². The summed E-state index contributed by atoms with van der Waals surface area (Å²) >= 11 is 3.47. The molecule has 2 N–H and O–H groups in total. The van der Waals surface area contributed by atoms with E-state index in [9.17, 15) is 0 Å². The molecule has 1 aromatic rings. The molecule has 0 aromatic heterocycles. The van der Waals surface area contributed by atoms with Gasteiger partial charge in [-0.3, -0.25) is 0 Å². The number of ether oxygens (including phenoxy) is 3. The topological polar surface area (TPSA) is 53.7 Å². The molecule has 0 saturated carbocycles. The number of hydrogen-bond acceptors (Lipinski definition) is 4. The maximum Gasteiger partial charge on any atom is 0.179 e. The van der Waals surface area contributed by atoms with Crippen molar-refractivity contribution in [2.45, 2.75) is 0 Å². The van der Waals surface area contributed by atoms with Crippen molar-refractivity contribution in [1.82, 2.24) is 0 Å². The number of fused-ring (bicyclic) bond motifs is 1. The molecule has 92 valence electrons. The lowest BCUT2D eigenvalue weighted by Crippen LogP contribution is -2.16. The Kier molecular flexibility index (Phi) is 3.91. The highest BCUT2D eigenvalue weighted by Crippen LogP contribution is 2.45. The van der Waals surface area contributed by atoms with Gasteiger partial charge in [0.1, 0.15) is 23.4 Å². The lowest BCUT2D eigenvalue weighted by molar-refractivity contribution is 0.169. The van der Waals surface area contributed by atoms with Crippen molar-refractivity contribution in [3.8, 4) is 17.2 Å². The summed E-state index contributed by atoms with van der Waals surface area (Å²) in [5.74, 6) is 2.14. The van der Waals surface area contributed by atoms with Crippen LogP contribution in [0.3, 0.4) is 0 Å². The SMILES string of the molecule is COc1c(/C=C/CN)cc2c(c1Br)OCCO2. The van der Waals surface area contributed by atoms with Crippen molar-refractivity contribution in [3.63, 3.8) is 0 Å². The zero-order valence-electron chi connectivity index (χ0n) is 9.53. The van der Waals surface area contributed by atoms with E-state index in [1.165, 1.54) is 0 Å². The van der Waals surface area contributed by atoms with E-state index >= 15 is 0 Å². The third-order valence-corrected chi connectivity index (χ3v) is 3.12. The Morgan fingerprint density at radius 2 is 2.24 bits per heavy atom. The van der Waals surface area contributed by atoms with E-state index in [0.29, 0.717) is 25.5 Å². The summed E-state index contributed by atoms with van der Waals surface area (Å²) in [5.41, 5.74) is 6.36. The molecule has 0 aliphatic carbocycles. The third kappa shape index (κ3) is 2.40. The van der Waals surface area contributed by atoms with Crippen molar-refractivity contribution in [2.75, 3.05) is 26.9 Å². The molecule has 0 atom stereocenters. The highest BCUT2D eigenvalue weighted by Gasteiger charge is 2.21. The second-order valence-corrected chi connectivity index (χ2v) is 4.27. The number of methoxy groups -OCH3 is 1. The van der Waals surface area contributed by atoms with Crippen LogP contribution < -0.4 is 19.9 Å². The van der Waals surface area contributed by atoms with Gasteiger partial charge in [-0.1, -0.05) is 12.2 Å². The average Bonchev–Trinajstić information content (AvgIpc) is 2.36. The molecule has 0 fully saturated rings. The number of nitrogens with two attached hydrogens (primary N) is 1. The lowest BCUT2D eigenvalue weighted by atomic mass is 10.1. The predicted molar refractivity (Wildman–Crippen MR) is 69.8 cm³/mol. The largest absolute Gasteiger partial charge is 0.495 e. The van der Waals surface area contributed by atoms with E-state index in [4.69, 9.17) is 19.9 Å². The molecule has 0 spiro atoms. The van der Waals surface area contributed by atoms with Crippen LogP contribution in [0, 0.1) is 0 Å². The van der Waals surface area contributed by atoms with Gasteiger partial charge < -0.3 is 19.9 Å². The minimum Gasteiger partial charge on any atom is -0.495 e. The summed E-state index contributed by atoms with van der Waals surface area (Å²) in [6, 6.07) is 1.89. The van der Waals surface area contributed by atoms with Gasteiger partial charge in [-0.15, -0.1) is 0 Å². The van der Waals surface area contributed by atoms with Crippen LogP contribution in [0.4, 0.5) is 0 Å². The van der Waals surface area contributed by atoms with E-state index in [1.807, 2.05) is 18.2 Å². The summed E-state index contributed by atoms with van der Waals surface area (Å²) in [4.78, 5) is 0. The molecule has 0 radical (unpaired) electrons. The third-order valence-electron chi connectivity index (χ3n) is 2.40.